The third-order valence-corrected chi connectivity index (χ3v) is 5.77. The molecule has 1 aliphatic heterocycles. The van der Waals surface area contributed by atoms with E-state index in [2.05, 4.69) is 0 Å². The highest BCUT2D eigenvalue weighted by Gasteiger charge is 2.41. The van der Waals surface area contributed by atoms with Crippen molar-refractivity contribution in [3.8, 4) is 0 Å². The van der Waals surface area contributed by atoms with Gasteiger partial charge in [-0.3, -0.25) is 4.79 Å². The van der Waals surface area contributed by atoms with Crippen molar-refractivity contribution in [2.24, 2.45) is 0 Å². The molecule has 0 bridgehead atoms. The average molecular weight is 433 g/mol. The van der Waals surface area contributed by atoms with Crippen LogP contribution in [-0.2, 0) is 24.6 Å². The first kappa shape index (κ1) is 22.2. The standard InChI is InChI=1S/C27H28O5/c1-20(28)31-24-17-18-26(29)32-25(24)19-30-27(21-11-5-2-6-12-21,22-13-7-3-8-14-22)23-15-9-4-10-16-23/h2-16,24-26,29H,17-19H2,1H3/t24-,25+,26-/m0/s1. The zero-order chi connectivity index (χ0) is 22.4. The van der Waals surface area contributed by atoms with Gasteiger partial charge in [-0.15, -0.1) is 0 Å². The Hall–Kier alpha value is -2.99. The molecule has 32 heavy (non-hydrogen) atoms. The normalized spacial score (nSPS) is 21.1. The molecule has 1 saturated heterocycles. The number of rotatable bonds is 7. The SMILES string of the molecule is CC(=O)O[C@H]1CC[C@@H](O)O[C@@H]1COC(c1ccccc1)(c1ccccc1)c1ccccc1. The molecule has 0 radical (unpaired) electrons. The number of aliphatic hydroxyl groups excluding tert-OH is 1. The van der Waals surface area contributed by atoms with Gasteiger partial charge in [-0.2, -0.15) is 0 Å². The van der Waals surface area contributed by atoms with Crippen molar-refractivity contribution >= 4 is 5.97 Å². The fourth-order valence-corrected chi connectivity index (χ4v) is 4.32. The van der Waals surface area contributed by atoms with Crippen molar-refractivity contribution in [2.45, 2.75) is 43.9 Å². The lowest BCUT2D eigenvalue weighted by Crippen LogP contribution is -2.46. The van der Waals surface area contributed by atoms with E-state index < -0.39 is 24.1 Å². The molecule has 0 saturated carbocycles. The Balaban J connectivity index is 1.76. The summed E-state index contributed by atoms with van der Waals surface area (Å²) in [5.41, 5.74) is 2.00. The van der Waals surface area contributed by atoms with E-state index in [1.165, 1.54) is 6.92 Å². The number of carbonyl (C=O) groups excluding carboxylic acids is 1. The molecule has 0 amide bonds. The van der Waals surface area contributed by atoms with Crippen LogP contribution in [0.15, 0.2) is 91.0 Å². The zero-order valence-electron chi connectivity index (χ0n) is 18.1. The second-order valence-electron chi connectivity index (χ2n) is 7.94. The molecule has 0 aromatic heterocycles. The Morgan fingerprint density at radius 2 is 1.34 bits per heavy atom. The maximum Gasteiger partial charge on any atom is 0.302 e. The summed E-state index contributed by atoms with van der Waals surface area (Å²) in [5.74, 6) is -0.375. The molecule has 1 N–H and O–H groups in total. The lowest BCUT2D eigenvalue weighted by atomic mass is 9.80. The van der Waals surface area contributed by atoms with E-state index in [0.717, 1.165) is 16.7 Å². The minimum atomic E-state index is -0.907. The van der Waals surface area contributed by atoms with E-state index in [1.54, 1.807) is 0 Å². The smallest absolute Gasteiger partial charge is 0.302 e. The predicted octanol–water partition coefficient (Wildman–Crippen LogP) is 4.42. The number of benzene rings is 3. The van der Waals surface area contributed by atoms with Crippen LogP contribution in [0.3, 0.4) is 0 Å². The summed E-state index contributed by atoms with van der Waals surface area (Å²) >= 11 is 0. The largest absolute Gasteiger partial charge is 0.460 e. The minimum absolute atomic E-state index is 0.133. The Labute approximate surface area is 188 Å². The van der Waals surface area contributed by atoms with Crippen molar-refractivity contribution < 1.29 is 24.1 Å². The van der Waals surface area contributed by atoms with Gasteiger partial charge in [0.05, 0.1) is 6.61 Å². The summed E-state index contributed by atoms with van der Waals surface area (Å²) in [5, 5.41) is 10.1. The molecule has 0 aliphatic carbocycles. The molecule has 166 valence electrons. The molecule has 5 nitrogen and oxygen atoms in total. The quantitative estimate of drug-likeness (QED) is 0.442. The lowest BCUT2D eigenvalue weighted by Gasteiger charge is -2.39. The van der Waals surface area contributed by atoms with Gasteiger partial charge in [0.25, 0.3) is 0 Å². The number of hydrogen-bond acceptors (Lipinski definition) is 5. The van der Waals surface area contributed by atoms with Crippen LogP contribution in [-0.4, -0.2) is 36.2 Å². The minimum Gasteiger partial charge on any atom is -0.460 e. The van der Waals surface area contributed by atoms with Crippen LogP contribution >= 0.6 is 0 Å². The van der Waals surface area contributed by atoms with Gasteiger partial charge in [0, 0.05) is 13.3 Å². The summed E-state index contributed by atoms with van der Waals surface area (Å²) < 4.78 is 18.0. The third kappa shape index (κ3) is 4.75. The van der Waals surface area contributed by atoms with Crippen LogP contribution < -0.4 is 0 Å². The fraction of sp³-hybridized carbons (Fsp3) is 0.296. The second-order valence-corrected chi connectivity index (χ2v) is 7.94. The Morgan fingerprint density at radius 1 is 0.875 bits per heavy atom. The number of esters is 1. The Bertz CT molecular complexity index is 894. The van der Waals surface area contributed by atoms with Gasteiger partial charge in [0.15, 0.2) is 6.29 Å². The zero-order valence-corrected chi connectivity index (χ0v) is 18.1. The number of ether oxygens (including phenoxy) is 3. The first-order valence-corrected chi connectivity index (χ1v) is 10.9. The number of carbonyl (C=O) groups is 1. The van der Waals surface area contributed by atoms with Crippen LogP contribution in [0, 0.1) is 0 Å². The summed E-state index contributed by atoms with van der Waals surface area (Å²) in [6.07, 6.45) is -1.04. The fourth-order valence-electron chi connectivity index (χ4n) is 4.32. The molecule has 3 aromatic rings. The van der Waals surface area contributed by atoms with Crippen LogP contribution in [0.1, 0.15) is 36.5 Å². The van der Waals surface area contributed by atoms with Gasteiger partial charge in [-0.05, 0) is 23.1 Å². The Kier molecular flexibility index (Phi) is 7.00. The first-order chi connectivity index (χ1) is 15.6. The second kappa shape index (κ2) is 10.1. The Morgan fingerprint density at radius 3 is 1.78 bits per heavy atom. The molecule has 0 spiro atoms. The van der Waals surface area contributed by atoms with Crippen LogP contribution in [0.5, 0.6) is 0 Å². The molecule has 5 heteroatoms. The van der Waals surface area contributed by atoms with Crippen LogP contribution in [0.2, 0.25) is 0 Å². The maximum absolute atomic E-state index is 11.6. The van der Waals surface area contributed by atoms with E-state index in [0.29, 0.717) is 12.8 Å². The van der Waals surface area contributed by atoms with Crippen LogP contribution in [0.4, 0.5) is 0 Å². The summed E-state index contributed by atoms with van der Waals surface area (Å²) in [6.45, 7) is 1.51. The number of hydrogen-bond donors (Lipinski definition) is 1. The monoisotopic (exact) mass is 432 g/mol. The molecule has 4 rings (SSSR count). The molecular formula is C27H28O5. The van der Waals surface area contributed by atoms with Gasteiger partial charge in [0.1, 0.15) is 17.8 Å². The van der Waals surface area contributed by atoms with Crippen molar-refractivity contribution in [3.05, 3.63) is 108 Å². The van der Waals surface area contributed by atoms with Crippen molar-refractivity contribution in [1.29, 1.82) is 0 Å². The van der Waals surface area contributed by atoms with E-state index in [4.69, 9.17) is 14.2 Å². The highest BCUT2D eigenvalue weighted by Crippen LogP contribution is 2.41. The molecular weight excluding hydrogens is 404 g/mol. The highest BCUT2D eigenvalue weighted by molar-refractivity contribution is 5.66. The van der Waals surface area contributed by atoms with E-state index in [-0.39, 0.29) is 12.6 Å². The molecule has 1 heterocycles. The summed E-state index contributed by atoms with van der Waals surface area (Å²) in [7, 11) is 0. The number of aliphatic hydroxyl groups is 1. The molecule has 3 aromatic carbocycles. The van der Waals surface area contributed by atoms with Gasteiger partial charge in [-0.25, -0.2) is 0 Å². The average Bonchev–Trinajstić information content (AvgIpc) is 2.83. The highest BCUT2D eigenvalue weighted by atomic mass is 16.6. The van der Waals surface area contributed by atoms with Gasteiger partial charge >= 0.3 is 5.97 Å². The van der Waals surface area contributed by atoms with Crippen molar-refractivity contribution in [2.75, 3.05) is 6.61 Å². The molecule has 3 atom stereocenters. The van der Waals surface area contributed by atoms with Crippen molar-refractivity contribution in [1.82, 2.24) is 0 Å². The van der Waals surface area contributed by atoms with E-state index in [9.17, 15) is 9.90 Å². The van der Waals surface area contributed by atoms with E-state index in [1.807, 2.05) is 91.0 Å². The van der Waals surface area contributed by atoms with Gasteiger partial charge in [-0.1, -0.05) is 91.0 Å². The topological polar surface area (TPSA) is 65.0 Å². The predicted molar refractivity (Wildman–Crippen MR) is 121 cm³/mol. The van der Waals surface area contributed by atoms with E-state index >= 15 is 0 Å². The molecule has 0 unspecified atom stereocenters. The third-order valence-electron chi connectivity index (χ3n) is 5.77. The lowest BCUT2D eigenvalue weighted by molar-refractivity contribution is -0.227. The van der Waals surface area contributed by atoms with Gasteiger partial charge in [0.2, 0.25) is 0 Å². The summed E-state index contributed by atoms with van der Waals surface area (Å²) in [4.78, 5) is 11.6. The molecule has 1 fully saturated rings. The van der Waals surface area contributed by atoms with Crippen molar-refractivity contribution in [3.63, 3.8) is 0 Å². The maximum atomic E-state index is 11.6. The first-order valence-electron chi connectivity index (χ1n) is 10.9. The van der Waals surface area contributed by atoms with Crippen LogP contribution in [0.25, 0.3) is 0 Å². The summed E-state index contributed by atoms with van der Waals surface area (Å²) in [6, 6.07) is 30.1. The van der Waals surface area contributed by atoms with Gasteiger partial charge < -0.3 is 19.3 Å². The molecule has 1 aliphatic rings.